The van der Waals surface area contributed by atoms with Crippen molar-refractivity contribution in [2.24, 2.45) is 0 Å². The molecule has 0 saturated carbocycles. The summed E-state index contributed by atoms with van der Waals surface area (Å²) in [5.74, 6) is 0. The second kappa shape index (κ2) is 8.04. The number of pyridine rings is 2. The van der Waals surface area contributed by atoms with Crippen molar-refractivity contribution < 1.29 is 0 Å². The molecule has 3 heterocycles. The van der Waals surface area contributed by atoms with Crippen LogP contribution in [0.15, 0.2) is 110 Å². The Morgan fingerprint density at radius 1 is 0.806 bits per heavy atom. The molecule has 0 N–H and O–H groups in total. The van der Waals surface area contributed by atoms with Crippen LogP contribution in [0.4, 0.5) is 0 Å². The van der Waals surface area contributed by atoms with Gasteiger partial charge in [0.05, 0.1) is 11.0 Å². The van der Waals surface area contributed by atoms with Gasteiger partial charge in [-0.05, 0) is 59.9 Å². The highest BCUT2D eigenvalue weighted by molar-refractivity contribution is 6.08. The Morgan fingerprint density at radius 3 is 1.87 bits per heavy atom. The maximum atomic E-state index is 4.31. The molecule has 0 fully saturated rings. The number of hydrogen-bond donors (Lipinski definition) is 0. The maximum absolute atomic E-state index is 4.31. The second-order valence-corrected chi connectivity index (χ2v) is 7.61. The first-order valence-electron chi connectivity index (χ1n) is 10.4. The van der Waals surface area contributed by atoms with Gasteiger partial charge in [-0.2, -0.15) is 0 Å². The van der Waals surface area contributed by atoms with Crippen LogP contribution in [0.1, 0.15) is 12.5 Å². The third-order valence-electron chi connectivity index (χ3n) is 5.82. The summed E-state index contributed by atoms with van der Waals surface area (Å²) in [5, 5.41) is 2.23. The summed E-state index contributed by atoms with van der Waals surface area (Å²) in [6.45, 7) is 5.94. The first kappa shape index (κ1) is 19.0. The summed E-state index contributed by atoms with van der Waals surface area (Å²) in [4.78, 5) is 8.62. The minimum Gasteiger partial charge on any atom is -0.309 e. The summed E-state index contributed by atoms with van der Waals surface area (Å²) in [6.07, 6.45) is 12.5. The minimum absolute atomic E-state index is 0.913. The summed E-state index contributed by atoms with van der Waals surface area (Å²) >= 11 is 0. The van der Waals surface area contributed by atoms with Gasteiger partial charge in [0.15, 0.2) is 0 Å². The van der Waals surface area contributed by atoms with E-state index in [2.05, 4.69) is 94.8 Å². The van der Waals surface area contributed by atoms with Gasteiger partial charge in [0.25, 0.3) is 0 Å². The number of rotatable bonds is 5. The van der Waals surface area contributed by atoms with E-state index in [-0.39, 0.29) is 0 Å². The minimum atomic E-state index is 0.913. The van der Waals surface area contributed by atoms with Gasteiger partial charge in [-0.15, -0.1) is 0 Å². The van der Waals surface area contributed by atoms with Gasteiger partial charge in [0.2, 0.25) is 0 Å². The van der Waals surface area contributed by atoms with Crippen molar-refractivity contribution in [1.82, 2.24) is 14.5 Å². The van der Waals surface area contributed by atoms with E-state index < -0.39 is 0 Å². The Kier molecular flexibility index (Phi) is 4.93. The van der Waals surface area contributed by atoms with Crippen LogP contribution in [0.3, 0.4) is 0 Å². The number of hydrogen-bond acceptors (Lipinski definition) is 2. The van der Waals surface area contributed by atoms with E-state index >= 15 is 0 Å². The normalized spacial score (nSPS) is 11.8. The SMILES string of the molecule is C=C/C(=C\C)Cc1ccc(-c2ccc(-n3c4ccncc4c4cnccc43)cc2)cc1. The molecule has 0 atom stereocenters. The summed E-state index contributed by atoms with van der Waals surface area (Å²) in [6, 6.07) is 21.6. The maximum Gasteiger partial charge on any atom is 0.0572 e. The number of aromatic nitrogens is 3. The molecule has 3 nitrogen and oxygen atoms in total. The molecule has 2 aromatic carbocycles. The van der Waals surface area contributed by atoms with Crippen molar-refractivity contribution >= 4 is 21.8 Å². The molecule has 0 aliphatic heterocycles. The molecule has 31 heavy (non-hydrogen) atoms. The lowest BCUT2D eigenvalue weighted by atomic mass is 10.00. The molecule has 0 amide bonds. The van der Waals surface area contributed by atoms with Gasteiger partial charge in [-0.25, -0.2) is 0 Å². The number of allylic oxidation sites excluding steroid dienone is 3. The van der Waals surface area contributed by atoms with Crippen molar-refractivity contribution in [2.45, 2.75) is 13.3 Å². The van der Waals surface area contributed by atoms with E-state index in [1.54, 1.807) is 0 Å². The Balaban J connectivity index is 1.50. The zero-order valence-corrected chi connectivity index (χ0v) is 17.5. The Labute approximate surface area is 182 Å². The Hall–Kier alpha value is -3.98. The molecular weight excluding hydrogens is 378 g/mol. The van der Waals surface area contributed by atoms with Crippen LogP contribution >= 0.6 is 0 Å². The van der Waals surface area contributed by atoms with Crippen LogP contribution in [0, 0.1) is 0 Å². The fourth-order valence-corrected chi connectivity index (χ4v) is 4.13. The molecule has 5 rings (SSSR count). The van der Waals surface area contributed by atoms with Gasteiger partial charge in [-0.3, -0.25) is 9.97 Å². The first-order chi connectivity index (χ1) is 15.3. The third kappa shape index (κ3) is 3.44. The Bertz CT molecular complexity index is 1350. The first-order valence-corrected chi connectivity index (χ1v) is 10.4. The van der Waals surface area contributed by atoms with E-state index in [9.17, 15) is 0 Å². The van der Waals surface area contributed by atoms with Crippen molar-refractivity contribution in [3.8, 4) is 16.8 Å². The molecule has 0 radical (unpaired) electrons. The standard InChI is InChI=1S/C28H23N3/c1-3-20(4-2)17-21-5-7-22(8-6-21)23-9-11-24(12-10-23)31-27-13-15-29-18-25(27)26-19-30-16-14-28(26)31/h3-16,18-19H,1,17H2,2H3/b20-4+. The highest BCUT2D eigenvalue weighted by atomic mass is 15.0. The van der Waals surface area contributed by atoms with Crippen LogP contribution in [-0.2, 0) is 6.42 Å². The topological polar surface area (TPSA) is 30.7 Å². The van der Waals surface area contributed by atoms with E-state index in [1.807, 2.05) is 30.9 Å². The van der Waals surface area contributed by atoms with E-state index in [0.29, 0.717) is 0 Å². The molecule has 0 spiro atoms. The largest absolute Gasteiger partial charge is 0.309 e. The van der Waals surface area contributed by atoms with Gasteiger partial charge in [0, 0.05) is 41.2 Å². The predicted molar refractivity (Wildman–Crippen MR) is 129 cm³/mol. The van der Waals surface area contributed by atoms with Crippen LogP contribution in [0.25, 0.3) is 38.6 Å². The molecule has 0 unspecified atom stereocenters. The summed E-state index contributed by atoms with van der Waals surface area (Å²) < 4.78 is 2.27. The zero-order chi connectivity index (χ0) is 21.2. The van der Waals surface area contributed by atoms with E-state index in [0.717, 1.165) is 33.9 Å². The molecule has 5 aromatic rings. The monoisotopic (exact) mass is 401 g/mol. The summed E-state index contributed by atoms with van der Waals surface area (Å²) in [7, 11) is 0. The third-order valence-corrected chi connectivity index (χ3v) is 5.82. The van der Waals surface area contributed by atoms with Gasteiger partial charge in [0.1, 0.15) is 0 Å². The second-order valence-electron chi connectivity index (χ2n) is 7.61. The van der Waals surface area contributed by atoms with E-state index in [1.165, 1.54) is 22.3 Å². The molecule has 0 saturated heterocycles. The fraction of sp³-hybridized carbons (Fsp3) is 0.0714. The molecular formula is C28H23N3. The van der Waals surface area contributed by atoms with Crippen molar-refractivity contribution in [2.75, 3.05) is 0 Å². The lowest BCUT2D eigenvalue weighted by Gasteiger charge is -2.10. The van der Waals surface area contributed by atoms with Crippen LogP contribution in [0.2, 0.25) is 0 Å². The number of fused-ring (bicyclic) bond motifs is 3. The summed E-state index contributed by atoms with van der Waals surface area (Å²) in [5.41, 5.74) is 8.35. The van der Waals surface area contributed by atoms with Gasteiger partial charge >= 0.3 is 0 Å². The average molecular weight is 402 g/mol. The van der Waals surface area contributed by atoms with E-state index in [4.69, 9.17) is 0 Å². The smallest absolute Gasteiger partial charge is 0.0572 e. The van der Waals surface area contributed by atoms with Crippen molar-refractivity contribution in [3.05, 3.63) is 115 Å². The highest BCUT2D eigenvalue weighted by Gasteiger charge is 2.12. The Morgan fingerprint density at radius 2 is 1.35 bits per heavy atom. The molecule has 3 aromatic heterocycles. The van der Waals surface area contributed by atoms with Crippen LogP contribution in [-0.4, -0.2) is 14.5 Å². The fourth-order valence-electron chi connectivity index (χ4n) is 4.13. The van der Waals surface area contributed by atoms with Gasteiger partial charge in [-0.1, -0.05) is 55.1 Å². The van der Waals surface area contributed by atoms with Crippen LogP contribution in [0.5, 0.6) is 0 Å². The van der Waals surface area contributed by atoms with Crippen molar-refractivity contribution in [3.63, 3.8) is 0 Å². The average Bonchev–Trinajstić information content (AvgIpc) is 3.17. The quantitative estimate of drug-likeness (QED) is 0.299. The predicted octanol–water partition coefficient (Wildman–Crippen LogP) is 6.92. The zero-order valence-electron chi connectivity index (χ0n) is 17.5. The number of benzene rings is 2. The molecule has 150 valence electrons. The number of nitrogens with zero attached hydrogens (tertiary/aromatic N) is 3. The highest BCUT2D eigenvalue weighted by Crippen LogP contribution is 2.31. The van der Waals surface area contributed by atoms with Crippen LogP contribution < -0.4 is 0 Å². The molecule has 0 aliphatic rings. The molecule has 0 bridgehead atoms. The lowest BCUT2D eigenvalue weighted by Crippen LogP contribution is -1.94. The lowest BCUT2D eigenvalue weighted by molar-refractivity contribution is 1.17. The van der Waals surface area contributed by atoms with Crippen molar-refractivity contribution in [1.29, 1.82) is 0 Å². The molecule has 0 aliphatic carbocycles. The van der Waals surface area contributed by atoms with Gasteiger partial charge < -0.3 is 4.57 Å². The molecule has 3 heteroatoms.